The summed E-state index contributed by atoms with van der Waals surface area (Å²) < 4.78 is 37.7. The molecule has 5 nitrogen and oxygen atoms in total. The topological polar surface area (TPSA) is 86.6 Å². The maximum Gasteiger partial charge on any atom is 0.417 e. The van der Waals surface area contributed by atoms with Crippen molar-refractivity contribution in [2.45, 2.75) is 12.2 Å². The van der Waals surface area contributed by atoms with E-state index in [9.17, 15) is 22.8 Å². The Kier molecular flexibility index (Phi) is 5.12. The van der Waals surface area contributed by atoms with E-state index in [1.54, 1.807) is 0 Å². The molecule has 1 amide bonds. The third kappa shape index (κ3) is 3.94. The minimum atomic E-state index is -4.65. The molecule has 0 fully saturated rings. The van der Waals surface area contributed by atoms with Crippen LogP contribution in [0.15, 0.2) is 22.7 Å². The first-order valence-electron chi connectivity index (χ1n) is 5.18. The minimum absolute atomic E-state index is 0.238. The lowest BCUT2D eigenvalue weighted by molar-refractivity contribution is -0.140. The number of benzene rings is 1. The molecule has 0 saturated carbocycles. The first-order valence-corrected chi connectivity index (χ1v) is 5.97. The van der Waals surface area contributed by atoms with Crippen molar-refractivity contribution in [3.05, 3.63) is 33.8 Å². The Morgan fingerprint density at radius 2 is 1.95 bits per heavy atom. The SMILES string of the molecule is O=C(N[C@@H](CO)C(=O)O)c1ccc(Br)c(C(F)(F)F)c1. The predicted octanol–water partition coefficient (Wildman–Crippen LogP) is 1.64. The van der Waals surface area contributed by atoms with Gasteiger partial charge in [0.25, 0.3) is 5.91 Å². The van der Waals surface area contributed by atoms with Gasteiger partial charge in [-0.1, -0.05) is 15.9 Å². The molecule has 0 bridgehead atoms. The molecule has 0 radical (unpaired) electrons. The fourth-order valence-corrected chi connectivity index (χ4v) is 1.78. The van der Waals surface area contributed by atoms with Gasteiger partial charge in [-0.25, -0.2) is 4.79 Å². The van der Waals surface area contributed by atoms with Gasteiger partial charge >= 0.3 is 12.1 Å². The van der Waals surface area contributed by atoms with Crippen LogP contribution in [0, 0.1) is 0 Å². The van der Waals surface area contributed by atoms with Crippen LogP contribution in [0.5, 0.6) is 0 Å². The standard InChI is InChI=1S/C11H9BrF3NO4/c12-7-2-1-5(3-6(7)11(13,14)15)9(18)16-8(4-17)10(19)20/h1-3,8,17H,4H2,(H,16,18)(H,19,20)/t8-/m0/s1. The number of alkyl halides is 3. The van der Waals surface area contributed by atoms with E-state index < -0.39 is 36.3 Å². The maximum absolute atomic E-state index is 12.7. The Balaban J connectivity index is 3.03. The van der Waals surface area contributed by atoms with Crippen molar-refractivity contribution in [1.29, 1.82) is 0 Å². The van der Waals surface area contributed by atoms with Gasteiger partial charge in [-0.3, -0.25) is 4.79 Å². The molecule has 0 saturated heterocycles. The lowest BCUT2D eigenvalue weighted by Gasteiger charge is -2.14. The van der Waals surface area contributed by atoms with Gasteiger partial charge < -0.3 is 15.5 Å². The Morgan fingerprint density at radius 3 is 2.40 bits per heavy atom. The number of carboxylic acids is 1. The molecule has 1 aromatic carbocycles. The smallest absolute Gasteiger partial charge is 0.417 e. The van der Waals surface area contributed by atoms with E-state index in [4.69, 9.17) is 10.2 Å². The molecular weight excluding hydrogens is 347 g/mol. The molecule has 1 atom stereocenters. The summed E-state index contributed by atoms with van der Waals surface area (Å²) in [5.74, 6) is -2.52. The first kappa shape index (κ1) is 16.4. The molecular formula is C11H9BrF3NO4. The zero-order chi connectivity index (χ0) is 15.5. The van der Waals surface area contributed by atoms with Gasteiger partial charge in [-0.2, -0.15) is 13.2 Å². The van der Waals surface area contributed by atoms with E-state index in [1.807, 2.05) is 5.32 Å². The van der Waals surface area contributed by atoms with Crippen molar-refractivity contribution in [3.8, 4) is 0 Å². The van der Waals surface area contributed by atoms with Crippen LogP contribution in [0.4, 0.5) is 13.2 Å². The Labute approximate surface area is 119 Å². The molecule has 110 valence electrons. The summed E-state index contributed by atoms with van der Waals surface area (Å²) in [6.07, 6.45) is -4.65. The zero-order valence-corrected chi connectivity index (χ0v) is 11.3. The highest BCUT2D eigenvalue weighted by atomic mass is 79.9. The number of nitrogens with one attached hydrogen (secondary N) is 1. The van der Waals surface area contributed by atoms with Gasteiger partial charge in [0, 0.05) is 10.0 Å². The second kappa shape index (κ2) is 6.23. The van der Waals surface area contributed by atoms with Crippen LogP contribution in [0.1, 0.15) is 15.9 Å². The van der Waals surface area contributed by atoms with Crippen LogP contribution in [0.25, 0.3) is 0 Å². The molecule has 0 aliphatic heterocycles. The molecule has 9 heteroatoms. The second-order valence-corrected chi connectivity index (χ2v) is 4.59. The van der Waals surface area contributed by atoms with Crippen LogP contribution >= 0.6 is 15.9 Å². The summed E-state index contributed by atoms with van der Waals surface area (Å²) in [6, 6.07) is 1.15. The lowest BCUT2D eigenvalue weighted by Crippen LogP contribution is -2.43. The average Bonchev–Trinajstić information content (AvgIpc) is 2.34. The third-order valence-electron chi connectivity index (χ3n) is 2.32. The summed E-state index contributed by atoms with van der Waals surface area (Å²) in [5, 5.41) is 19.3. The monoisotopic (exact) mass is 355 g/mol. The molecule has 20 heavy (non-hydrogen) atoms. The quantitative estimate of drug-likeness (QED) is 0.766. The summed E-state index contributed by atoms with van der Waals surface area (Å²) in [6.45, 7) is -0.871. The van der Waals surface area contributed by atoms with Gasteiger partial charge in [0.05, 0.1) is 12.2 Å². The van der Waals surface area contributed by atoms with Crippen molar-refractivity contribution in [3.63, 3.8) is 0 Å². The third-order valence-corrected chi connectivity index (χ3v) is 3.01. The van der Waals surface area contributed by atoms with Crippen molar-refractivity contribution >= 4 is 27.8 Å². The van der Waals surface area contributed by atoms with E-state index in [0.29, 0.717) is 6.07 Å². The number of carbonyl (C=O) groups is 2. The number of carboxylic acid groups (broad SMARTS) is 1. The van der Waals surface area contributed by atoms with Crippen molar-refractivity contribution in [1.82, 2.24) is 5.32 Å². The molecule has 0 heterocycles. The normalized spacial score (nSPS) is 12.8. The highest BCUT2D eigenvalue weighted by Gasteiger charge is 2.33. The lowest BCUT2D eigenvalue weighted by atomic mass is 10.1. The van der Waals surface area contributed by atoms with E-state index >= 15 is 0 Å². The van der Waals surface area contributed by atoms with Crippen molar-refractivity contribution < 1.29 is 33.0 Å². The molecule has 0 aromatic heterocycles. The average molecular weight is 356 g/mol. The summed E-state index contributed by atoms with van der Waals surface area (Å²) in [5.41, 5.74) is -1.42. The first-order chi connectivity index (χ1) is 9.16. The van der Waals surface area contributed by atoms with Gasteiger partial charge in [-0.15, -0.1) is 0 Å². The number of aliphatic carboxylic acids is 1. The number of amides is 1. The van der Waals surface area contributed by atoms with Gasteiger partial charge in [0.1, 0.15) is 0 Å². The van der Waals surface area contributed by atoms with Crippen LogP contribution in [0.3, 0.4) is 0 Å². The Morgan fingerprint density at radius 1 is 1.35 bits per heavy atom. The van der Waals surface area contributed by atoms with Gasteiger partial charge in [-0.05, 0) is 18.2 Å². The van der Waals surface area contributed by atoms with Gasteiger partial charge in [0.15, 0.2) is 6.04 Å². The van der Waals surface area contributed by atoms with E-state index in [0.717, 1.165) is 12.1 Å². The van der Waals surface area contributed by atoms with E-state index in [2.05, 4.69) is 15.9 Å². The molecule has 0 unspecified atom stereocenters. The molecule has 0 aliphatic rings. The number of rotatable bonds is 4. The fraction of sp³-hybridized carbons (Fsp3) is 0.273. The fourth-order valence-electron chi connectivity index (χ4n) is 1.31. The van der Waals surface area contributed by atoms with Crippen LogP contribution < -0.4 is 5.32 Å². The van der Waals surface area contributed by atoms with Crippen LogP contribution in [-0.4, -0.2) is 34.7 Å². The number of aliphatic hydroxyl groups excluding tert-OH is 1. The van der Waals surface area contributed by atoms with Crippen LogP contribution in [0.2, 0.25) is 0 Å². The predicted molar refractivity (Wildman–Crippen MR) is 65.1 cm³/mol. The van der Waals surface area contributed by atoms with Gasteiger partial charge in [0.2, 0.25) is 0 Å². The number of carbonyl (C=O) groups excluding carboxylic acids is 1. The Hall–Kier alpha value is -1.61. The molecule has 1 aromatic rings. The highest BCUT2D eigenvalue weighted by Crippen LogP contribution is 2.35. The van der Waals surface area contributed by atoms with Crippen molar-refractivity contribution in [2.75, 3.05) is 6.61 Å². The molecule has 3 N–H and O–H groups in total. The summed E-state index contributed by atoms with van der Waals surface area (Å²) in [7, 11) is 0. The van der Waals surface area contributed by atoms with E-state index in [-0.39, 0.29) is 10.0 Å². The number of aliphatic hydroxyl groups is 1. The van der Waals surface area contributed by atoms with E-state index in [1.165, 1.54) is 0 Å². The molecule has 0 spiro atoms. The number of hydrogen-bond acceptors (Lipinski definition) is 3. The minimum Gasteiger partial charge on any atom is -0.480 e. The summed E-state index contributed by atoms with van der Waals surface area (Å²) >= 11 is 2.72. The molecule has 1 rings (SSSR count). The summed E-state index contributed by atoms with van der Waals surface area (Å²) in [4.78, 5) is 22.3. The maximum atomic E-state index is 12.7. The highest BCUT2D eigenvalue weighted by molar-refractivity contribution is 9.10. The van der Waals surface area contributed by atoms with Crippen molar-refractivity contribution in [2.24, 2.45) is 0 Å². The Bertz CT molecular complexity index is 533. The van der Waals surface area contributed by atoms with Crippen LogP contribution in [-0.2, 0) is 11.0 Å². The molecule has 0 aliphatic carbocycles. The number of halogens is 4. The largest absolute Gasteiger partial charge is 0.480 e. The number of hydrogen-bond donors (Lipinski definition) is 3. The zero-order valence-electron chi connectivity index (χ0n) is 9.74. The second-order valence-electron chi connectivity index (χ2n) is 3.74.